The topological polar surface area (TPSA) is 73.0 Å². The minimum absolute atomic E-state index is 0.0133. The van der Waals surface area contributed by atoms with Gasteiger partial charge in [0, 0.05) is 50.7 Å². The fourth-order valence-corrected chi connectivity index (χ4v) is 6.74. The number of piperazine rings is 1. The zero-order valence-electron chi connectivity index (χ0n) is 16.9. The van der Waals surface area contributed by atoms with Crippen LogP contribution < -0.4 is 5.32 Å². The predicted molar refractivity (Wildman–Crippen MR) is 112 cm³/mol. The van der Waals surface area contributed by atoms with Crippen molar-refractivity contribution in [1.29, 1.82) is 0 Å². The van der Waals surface area contributed by atoms with E-state index in [0.29, 0.717) is 17.3 Å². The Bertz CT molecular complexity index is 757. The summed E-state index contributed by atoms with van der Waals surface area (Å²) in [6.07, 6.45) is 2.40. The van der Waals surface area contributed by atoms with Gasteiger partial charge in [-0.2, -0.15) is 4.31 Å². The normalized spacial score (nSPS) is 23.0. The average molecular weight is 429 g/mol. The lowest BCUT2D eigenvalue weighted by molar-refractivity contribution is -0.126. The molecule has 1 amide bonds. The van der Waals surface area contributed by atoms with E-state index in [1.54, 1.807) is 6.07 Å². The van der Waals surface area contributed by atoms with Gasteiger partial charge in [0.15, 0.2) is 0 Å². The van der Waals surface area contributed by atoms with Gasteiger partial charge < -0.3 is 15.1 Å². The van der Waals surface area contributed by atoms with Crippen molar-refractivity contribution >= 4 is 27.3 Å². The maximum Gasteiger partial charge on any atom is 0.252 e. The van der Waals surface area contributed by atoms with Crippen molar-refractivity contribution < 1.29 is 13.2 Å². The van der Waals surface area contributed by atoms with Crippen LogP contribution in [0.4, 0.5) is 0 Å². The first-order chi connectivity index (χ1) is 13.4. The number of sulfonamides is 1. The fourth-order valence-electron chi connectivity index (χ4n) is 3.78. The zero-order valence-corrected chi connectivity index (χ0v) is 18.5. The second kappa shape index (κ2) is 9.67. The highest BCUT2D eigenvalue weighted by Gasteiger charge is 2.33. The molecule has 3 rings (SSSR count). The first-order valence-electron chi connectivity index (χ1n) is 10.1. The van der Waals surface area contributed by atoms with E-state index in [0.717, 1.165) is 56.9 Å². The van der Waals surface area contributed by atoms with E-state index < -0.39 is 10.0 Å². The molecule has 0 bridgehead atoms. The molecule has 28 heavy (non-hydrogen) atoms. The lowest BCUT2D eigenvalue weighted by atomic mass is 9.99. The van der Waals surface area contributed by atoms with Gasteiger partial charge in [-0.1, -0.05) is 0 Å². The SMILES string of the molecule is Cc1ccc(S(=O)(=O)N2CCCC(C(=O)NCCCN3CCN(C)CC3)C2)s1. The first-order valence-corrected chi connectivity index (χ1v) is 12.4. The van der Waals surface area contributed by atoms with Gasteiger partial charge in [0.05, 0.1) is 5.92 Å². The van der Waals surface area contributed by atoms with Crippen LogP contribution in [-0.2, 0) is 14.8 Å². The van der Waals surface area contributed by atoms with Gasteiger partial charge in [-0.3, -0.25) is 4.79 Å². The van der Waals surface area contributed by atoms with E-state index >= 15 is 0 Å². The van der Waals surface area contributed by atoms with Crippen molar-refractivity contribution in [3.63, 3.8) is 0 Å². The highest BCUT2D eigenvalue weighted by Crippen LogP contribution is 2.28. The number of carbonyl (C=O) groups is 1. The maximum atomic E-state index is 12.8. The molecular weight excluding hydrogens is 396 g/mol. The van der Waals surface area contributed by atoms with Gasteiger partial charge in [0.2, 0.25) is 5.91 Å². The number of nitrogens with one attached hydrogen (secondary N) is 1. The Balaban J connectivity index is 1.44. The Labute approximate surface area is 172 Å². The Morgan fingerprint density at radius 1 is 1.21 bits per heavy atom. The third-order valence-corrected chi connectivity index (χ3v) is 8.94. The molecule has 0 aromatic carbocycles. The largest absolute Gasteiger partial charge is 0.356 e. The molecule has 2 aliphatic rings. The first kappa shape index (κ1) is 21.7. The minimum Gasteiger partial charge on any atom is -0.356 e. The molecule has 1 atom stereocenters. The molecule has 3 heterocycles. The number of likely N-dealkylation sites (N-methyl/N-ethyl adjacent to an activating group) is 1. The summed E-state index contributed by atoms with van der Waals surface area (Å²) in [5, 5.41) is 3.02. The van der Waals surface area contributed by atoms with E-state index in [1.165, 1.54) is 15.6 Å². The third-order valence-electron chi connectivity index (χ3n) is 5.61. The highest BCUT2D eigenvalue weighted by molar-refractivity contribution is 7.91. The number of nitrogens with zero attached hydrogens (tertiary/aromatic N) is 3. The Morgan fingerprint density at radius 2 is 1.96 bits per heavy atom. The lowest BCUT2D eigenvalue weighted by Crippen LogP contribution is -2.46. The Kier molecular flexibility index (Phi) is 7.49. The van der Waals surface area contributed by atoms with Crippen LogP contribution in [0.25, 0.3) is 0 Å². The summed E-state index contributed by atoms with van der Waals surface area (Å²) in [6.45, 7) is 8.69. The molecule has 2 fully saturated rings. The van der Waals surface area contributed by atoms with E-state index in [-0.39, 0.29) is 18.4 Å². The maximum absolute atomic E-state index is 12.8. The van der Waals surface area contributed by atoms with Crippen molar-refractivity contribution in [3.05, 3.63) is 17.0 Å². The van der Waals surface area contributed by atoms with Crippen molar-refractivity contribution in [3.8, 4) is 0 Å². The number of hydrogen-bond donors (Lipinski definition) is 1. The summed E-state index contributed by atoms with van der Waals surface area (Å²) in [6, 6.07) is 3.49. The minimum atomic E-state index is -3.49. The number of rotatable bonds is 7. The molecule has 0 spiro atoms. The number of aryl methyl sites for hydroxylation is 1. The molecule has 2 saturated heterocycles. The zero-order chi connectivity index (χ0) is 20.1. The van der Waals surface area contributed by atoms with Crippen LogP contribution in [0.5, 0.6) is 0 Å². The molecule has 1 aromatic rings. The summed E-state index contributed by atoms with van der Waals surface area (Å²) in [7, 11) is -1.35. The second-order valence-corrected chi connectivity index (χ2v) is 11.3. The summed E-state index contributed by atoms with van der Waals surface area (Å²) in [5.74, 6) is -0.270. The number of hydrogen-bond acceptors (Lipinski definition) is 6. The Morgan fingerprint density at radius 3 is 2.64 bits per heavy atom. The van der Waals surface area contributed by atoms with Crippen LogP contribution in [0, 0.1) is 12.8 Å². The number of amides is 1. The van der Waals surface area contributed by atoms with E-state index in [2.05, 4.69) is 22.2 Å². The summed E-state index contributed by atoms with van der Waals surface area (Å²) in [4.78, 5) is 18.3. The van der Waals surface area contributed by atoms with E-state index in [4.69, 9.17) is 0 Å². The summed E-state index contributed by atoms with van der Waals surface area (Å²) >= 11 is 1.29. The molecule has 1 unspecified atom stereocenters. The average Bonchev–Trinajstić information content (AvgIpc) is 3.14. The molecule has 9 heteroatoms. The lowest BCUT2D eigenvalue weighted by Gasteiger charge is -2.32. The molecule has 7 nitrogen and oxygen atoms in total. The fraction of sp³-hybridized carbons (Fsp3) is 0.737. The molecule has 0 radical (unpaired) electrons. The van der Waals surface area contributed by atoms with Crippen LogP contribution in [-0.4, -0.2) is 87.8 Å². The van der Waals surface area contributed by atoms with Crippen LogP contribution in [0.2, 0.25) is 0 Å². The van der Waals surface area contributed by atoms with Crippen molar-refractivity contribution in [1.82, 2.24) is 19.4 Å². The number of piperidine rings is 1. The van der Waals surface area contributed by atoms with Gasteiger partial charge >= 0.3 is 0 Å². The van der Waals surface area contributed by atoms with Gasteiger partial charge in [-0.05, 0) is 51.9 Å². The summed E-state index contributed by atoms with van der Waals surface area (Å²) in [5.41, 5.74) is 0. The van der Waals surface area contributed by atoms with Crippen molar-refractivity contribution in [2.45, 2.75) is 30.4 Å². The predicted octanol–water partition coefficient (Wildman–Crippen LogP) is 1.21. The molecule has 1 aromatic heterocycles. The van der Waals surface area contributed by atoms with Crippen molar-refractivity contribution in [2.75, 3.05) is 59.4 Å². The standard InChI is InChI=1S/C19H32N4O3S2/c1-16-6-7-18(27-16)28(25,26)23-10-3-5-17(15-23)19(24)20-8-4-9-22-13-11-21(2)12-14-22/h6-7,17H,3-5,8-15H2,1-2H3,(H,20,24). The molecular formula is C19H32N4O3S2. The smallest absolute Gasteiger partial charge is 0.252 e. The monoisotopic (exact) mass is 428 g/mol. The molecule has 2 aliphatic heterocycles. The van der Waals surface area contributed by atoms with Gasteiger partial charge in [0.25, 0.3) is 10.0 Å². The van der Waals surface area contributed by atoms with Crippen LogP contribution >= 0.6 is 11.3 Å². The van der Waals surface area contributed by atoms with Crippen molar-refractivity contribution in [2.24, 2.45) is 5.92 Å². The third kappa shape index (κ3) is 5.54. The Hall–Kier alpha value is -1.00. The molecule has 0 aliphatic carbocycles. The molecule has 0 saturated carbocycles. The second-order valence-electron chi connectivity index (χ2n) is 7.86. The van der Waals surface area contributed by atoms with E-state index in [9.17, 15) is 13.2 Å². The summed E-state index contributed by atoms with van der Waals surface area (Å²) < 4.78 is 27.5. The van der Waals surface area contributed by atoms with Gasteiger partial charge in [0.1, 0.15) is 4.21 Å². The molecule has 158 valence electrons. The van der Waals surface area contributed by atoms with Crippen LogP contribution in [0.15, 0.2) is 16.3 Å². The quantitative estimate of drug-likeness (QED) is 0.661. The van der Waals surface area contributed by atoms with Gasteiger partial charge in [-0.15, -0.1) is 11.3 Å². The van der Waals surface area contributed by atoms with Crippen LogP contribution in [0.3, 0.4) is 0 Å². The van der Waals surface area contributed by atoms with E-state index in [1.807, 2.05) is 13.0 Å². The van der Waals surface area contributed by atoms with Gasteiger partial charge in [-0.25, -0.2) is 8.42 Å². The number of thiophene rings is 1. The molecule has 1 N–H and O–H groups in total. The van der Waals surface area contributed by atoms with Crippen LogP contribution in [0.1, 0.15) is 24.1 Å². The number of carbonyl (C=O) groups excluding carboxylic acids is 1. The highest BCUT2D eigenvalue weighted by atomic mass is 32.2.